The maximum atomic E-state index is 10.1. The maximum Gasteiger partial charge on any atom is 0.335 e. The van der Waals surface area contributed by atoms with Crippen LogP contribution in [-0.4, -0.2) is 126 Å². The van der Waals surface area contributed by atoms with Gasteiger partial charge in [0.2, 0.25) is 0 Å². The molecule has 8 nitrogen and oxygen atoms in total. The molecule has 0 heterocycles. The molecule has 0 aromatic carbocycles. The Morgan fingerprint density at radius 2 is 0.875 bits per heavy atom. The summed E-state index contributed by atoms with van der Waals surface area (Å²) < 4.78 is 0. The molecule has 0 amide bonds. The van der Waals surface area contributed by atoms with Crippen LogP contribution in [0.1, 0.15) is 0 Å². The number of carboxylic acid groups (broad SMARTS) is 2. The molecule has 4 atom stereocenters. The van der Waals surface area contributed by atoms with Crippen LogP contribution in [0, 0.1) is 0 Å². The van der Waals surface area contributed by atoms with Crippen LogP contribution < -0.4 is 0 Å². The molecule has 16 heavy (non-hydrogen) atoms. The summed E-state index contributed by atoms with van der Waals surface area (Å²) in [5.41, 5.74) is 0. The van der Waals surface area contributed by atoms with Gasteiger partial charge in [-0.3, -0.25) is 0 Å². The molecule has 0 unspecified atom stereocenters. The first kappa shape index (κ1) is 22.0. The zero-order valence-electron chi connectivity index (χ0n) is 8.81. The van der Waals surface area contributed by atoms with E-state index >= 15 is 0 Å². The second-order valence-corrected chi connectivity index (χ2v) is 2.55. The molecule has 0 aliphatic heterocycles. The summed E-state index contributed by atoms with van der Waals surface area (Å²) in [5, 5.41) is 51.5. The molecule has 0 rings (SSSR count). The summed E-state index contributed by atoms with van der Waals surface area (Å²) in [6.07, 6.45) is -9.28. The molecule has 84 valence electrons. The molecule has 10 heteroatoms. The first-order valence-electron chi connectivity index (χ1n) is 3.47. The van der Waals surface area contributed by atoms with Crippen molar-refractivity contribution in [2.75, 3.05) is 0 Å². The summed E-state index contributed by atoms with van der Waals surface area (Å²) in [5.74, 6) is -3.68. The Bertz CT molecular complexity index is 211. The number of hydrogen-bond donors (Lipinski definition) is 6. The fourth-order valence-corrected chi connectivity index (χ4v) is 0.666. The minimum Gasteiger partial charge on any atom is -0.479 e. The van der Waals surface area contributed by atoms with Gasteiger partial charge in [-0.05, 0) is 0 Å². The topological polar surface area (TPSA) is 156 Å². The van der Waals surface area contributed by atoms with E-state index in [1.165, 1.54) is 0 Å². The molecule has 0 saturated carbocycles. The molecule has 0 saturated heterocycles. The number of aliphatic carboxylic acids is 2. The molecule has 6 N–H and O–H groups in total. The number of carbonyl (C=O) groups is 2. The van der Waals surface area contributed by atoms with Gasteiger partial charge in [-0.25, -0.2) is 9.59 Å². The summed E-state index contributed by atoms with van der Waals surface area (Å²) in [6, 6.07) is 0. The van der Waals surface area contributed by atoms with E-state index in [0.717, 1.165) is 0 Å². The largest absolute Gasteiger partial charge is 0.479 e. The number of aliphatic hydroxyl groups is 4. The Kier molecular flexibility index (Phi) is 13.4. The predicted octanol–water partition coefficient (Wildman–Crippen LogP) is -4.16. The van der Waals surface area contributed by atoms with E-state index in [1.807, 2.05) is 0 Å². The van der Waals surface area contributed by atoms with Gasteiger partial charge in [-0.15, -0.1) is 0 Å². The van der Waals surface area contributed by atoms with Gasteiger partial charge < -0.3 is 30.6 Å². The Morgan fingerprint density at radius 1 is 0.688 bits per heavy atom. The number of carboxylic acids is 2. The average molecular weight is 256 g/mol. The second kappa shape index (κ2) is 9.77. The van der Waals surface area contributed by atoms with Gasteiger partial charge in [0.05, 0.1) is 0 Å². The Labute approximate surface area is 134 Å². The first-order chi connectivity index (χ1) is 6.29. The third-order valence-corrected chi connectivity index (χ3v) is 1.50. The van der Waals surface area contributed by atoms with Crippen molar-refractivity contribution in [2.45, 2.75) is 24.4 Å². The Hall–Kier alpha value is 0.780. The molecule has 0 aromatic heterocycles. The van der Waals surface area contributed by atoms with Crippen LogP contribution in [-0.2, 0) is 9.59 Å². The molecule has 0 aliphatic carbocycles. The van der Waals surface area contributed by atoms with Gasteiger partial charge in [-0.1, -0.05) is 0 Å². The standard InChI is InChI=1S/C6H10O8.2Na/c7-1(3(9)5(11)12)2(8)4(10)6(13)14;;/h1-4,7-10H,(H,11,12)(H,13,14);;/t1-,2+,3+,4-;;. The van der Waals surface area contributed by atoms with E-state index in [9.17, 15) is 9.59 Å². The minimum absolute atomic E-state index is 0. The quantitative estimate of drug-likeness (QED) is 0.271. The van der Waals surface area contributed by atoms with Gasteiger partial charge in [0.15, 0.2) is 12.2 Å². The molecule has 0 spiro atoms. The van der Waals surface area contributed by atoms with E-state index in [0.29, 0.717) is 0 Å². The van der Waals surface area contributed by atoms with Crippen LogP contribution in [0.3, 0.4) is 0 Å². The minimum atomic E-state index is -2.36. The fourth-order valence-electron chi connectivity index (χ4n) is 0.666. The number of rotatable bonds is 5. The average Bonchev–Trinajstić information content (AvgIpc) is 2.12. The SMILES string of the molecule is O=C(O)[C@@H](O)[C@H](O)[C@H](O)[C@@H](O)C(=O)O.[Na].[Na]. The van der Waals surface area contributed by atoms with Crippen LogP contribution in [0.5, 0.6) is 0 Å². The molecule has 0 aliphatic rings. The van der Waals surface area contributed by atoms with Crippen LogP contribution >= 0.6 is 0 Å². The van der Waals surface area contributed by atoms with Crippen LogP contribution in [0.4, 0.5) is 0 Å². The third-order valence-electron chi connectivity index (χ3n) is 1.50. The first-order valence-corrected chi connectivity index (χ1v) is 3.47. The number of aliphatic hydroxyl groups excluding tert-OH is 4. The van der Waals surface area contributed by atoms with Gasteiger partial charge in [0.1, 0.15) is 12.2 Å². The van der Waals surface area contributed by atoms with Gasteiger partial charge in [0, 0.05) is 59.1 Å². The van der Waals surface area contributed by atoms with E-state index in [-0.39, 0.29) is 59.1 Å². The van der Waals surface area contributed by atoms with Crippen molar-refractivity contribution in [3.8, 4) is 0 Å². The summed E-state index contributed by atoms with van der Waals surface area (Å²) >= 11 is 0. The van der Waals surface area contributed by atoms with E-state index < -0.39 is 36.4 Å². The van der Waals surface area contributed by atoms with Crippen LogP contribution in [0.15, 0.2) is 0 Å². The van der Waals surface area contributed by atoms with Crippen molar-refractivity contribution >= 4 is 71.1 Å². The Balaban J connectivity index is -0.000000845. The van der Waals surface area contributed by atoms with Crippen molar-refractivity contribution < 1.29 is 40.2 Å². The van der Waals surface area contributed by atoms with Gasteiger partial charge >= 0.3 is 11.9 Å². The van der Waals surface area contributed by atoms with Crippen molar-refractivity contribution in [3.63, 3.8) is 0 Å². The molecule has 0 aromatic rings. The second-order valence-electron chi connectivity index (χ2n) is 2.55. The molecular formula is C6H10Na2O8. The van der Waals surface area contributed by atoms with Crippen molar-refractivity contribution in [1.82, 2.24) is 0 Å². The number of hydrogen-bond acceptors (Lipinski definition) is 6. The fraction of sp³-hybridized carbons (Fsp3) is 0.667. The van der Waals surface area contributed by atoms with Crippen LogP contribution in [0.25, 0.3) is 0 Å². The van der Waals surface area contributed by atoms with Crippen molar-refractivity contribution in [3.05, 3.63) is 0 Å². The molecule has 2 radical (unpaired) electrons. The summed E-state index contributed by atoms with van der Waals surface area (Å²) in [4.78, 5) is 20.2. The maximum absolute atomic E-state index is 10.1. The monoisotopic (exact) mass is 256 g/mol. The summed E-state index contributed by atoms with van der Waals surface area (Å²) in [6.45, 7) is 0. The summed E-state index contributed by atoms with van der Waals surface area (Å²) in [7, 11) is 0. The third kappa shape index (κ3) is 6.50. The smallest absolute Gasteiger partial charge is 0.335 e. The zero-order valence-corrected chi connectivity index (χ0v) is 12.8. The zero-order chi connectivity index (χ0) is 11.5. The van der Waals surface area contributed by atoms with E-state index in [1.54, 1.807) is 0 Å². The van der Waals surface area contributed by atoms with Gasteiger partial charge in [0.25, 0.3) is 0 Å². The molecule has 0 bridgehead atoms. The normalized spacial score (nSPS) is 17.0. The van der Waals surface area contributed by atoms with Crippen LogP contribution in [0.2, 0.25) is 0 Å². The molecule has 0 fully saturated rings. The van der Waals surface area contributed by atoms with Crippen molar-refractivity contribution in [2.24, 2.45) is 0 Å². The molecular weight excluding hydrogens is 246 g/mol. The van der Waals surface area contributed by atoms with Gasteiger partial charge in [-0.2, -0.15) is 0 Å². The predicted molar refractivity (Wildman–Crippen MR) is 50.8 cm³/mol. The Morgan fingerprint density at radius 3 is 1.00 bits per heavy atom. The van der Waals surface area contributed by atoms with Crippen molar-refractivity contribution in [1.29, 1.82) is 0 Å². The van der Waals surface area contributed by atoms with E-state index in [2.05, 4.69) is 0 Å². The van der Waals surface area contributed by atoms with E-state index in [4.69, 9.17) is 30.6 Å².